The first-order valence-corrected chi connectivity index (χ1v) is 7.41. The number of nitrogens with one attached hydrogen (secondary N) is 1. The van der Waals surface area contributed by atoms with Gasteiger partial charge in [0, 0.05) is 6.54 Å². The third-order valence-electron chi connectivity index (χ3n) is 4.29. The van der Waals surface area contributed by atoms with Gasteiger partial charge in [-0.05, 0) is 23.7 Å². The van der Waals surface area contributed by atoms with E-state index >= 15 is 0 Å². The zero-order valence-electron chi connectivity index (χ0n) is 12.9. The maximum Gasteiger partial charge on any atom is 0.303 e. The van der Waals surface area contributed by atoms with Crippen LogP contribution in [0.4, 0.5) is 0 Å². The summed E-state index contributed by atoms with van der Waals surface area (Å²) in [7, 11) is 0. The Labute approximate surface area is 121 Å². The topological polar surface area (TPSA) is 92.4 Å². The highest BCUT2D eigenvalue weighted by Crippen LogP contribution is 2.38. The fourth-order valence-electron chi connectivity index (χ4n) is 2.82. The molecule has 0 radical (unpaired) electrons. The van der Waals surface area contributed by atoms with Gasteiger partial charge in [-0.15, -0.1) is 0 Å². The van der Waals surface area contributed by atoms with Crippen LogP contribution in [-0.2, 0) is 9.59 Å². The van der Waals surface area contributed by atoms with Crippen molar-refractivity contribution < 1.29 is 14.7 Å². The molecule has 1 aliphatic rings. The van der Waals surface area contributed by atoms with Crippen LogP contribution in [0.1, 0.15) is 59.3 Å². The molecule has 5 nitrogen and oxygen atoms in total. The number of hydrogen-bond acceptors (Lipinski definition) is 3. The van der Waals surface area contributed by atoms with E-state index in [1.165, 1.54) is 0 Å². The van der Waals surface area contributed by atoms with E-state index in [0.29, 0.717) is 6.54 Å². The van der Waals surface area contributed by atoms with Gasteiger partial charge in [0.15, 0.2) is 0 Å². The average molecular weight is 284 g/mol. The second-order valence-electron chi connectivity index (χ2n) is 7.19. The summed E-state index contributed by atoms with van der Waals surface area (Å²) in [5.41, 5.74) is 5.34. The fourth-order valence-corrected chi connectivity index (χ4v) is 2.82. The average Bonchev–Trinajstić information content (AvgIpc) is 2.34. The van der Waals surface area contributed by atoms with E-state index in [1.807, 2.05) is 20.8 Å². The number of carboxylic acid groups (broad SMARTS) is 1. The van der Waals surface area contributed by atoms with Crippen LogP contribution < -0.4 is 11.1 Å². The first-order chi connectivity index (χ1) is 9.16. The Morgan fingerprint density at radius 3 is 2.25 bits per heavy atom. The normalized spacial score (nSPS) is 20.2. The van der Waals surface area contributed by atoms with Crippen molar-refractivity contribution in [3.8, 4) is 0 Å². The number of carbonyl (C=O) groups excluding carboxylic acids is 1. The van der Waals surface area contributed by atoms with Crippen LogP contribution in [0.5, 0.6) is 0 Å². The summed E-state index contributed by atoms with van der Waals surface area (Å²) in [5.74, 6) is -0.978. The highest BCUT2D eigenvalue weighted by atomic mass is 16.4. The van der Waals surface area contributed by atoms with Crippen LogP contribution in [0, 0.1) is 10.8 Å². The molecule has 0 saturated heterocycles. The number of rotatable bonds is 5. The van der Waals surface area contributed by atoms with Gasteiger partial charge in [0.05, 0.1) is 12.5 Å². The van der Waals surface area contributed by atoms with Gasteiger partial charge in [-0.2, -0.15) is 0 Å². The second-order valence-corrected chi connectivity index (χ2v) is 7.19. The lowest BCUT2D eigenvalue weighted by Gasteiger charge is -2.37. The standard InChI is InChI=1S/C15H28N2O3/c1-14(2,3)12(16)13(20)17-10-15(9-11(18)19)7-5-4-6-8-15/h12H,4-10,16H2,1-3H3,(H,17,20)(H,18,19)/t12-/m1/s1. The lowest BCUT2D eigenvalue weighted by molar-refractivity contribution is -0.141. The molecule has 0 bridgehead atoms. The molecule has 0 aromatic heterocycles. The van der Waals surface area contributed by atoms with E-state index in [1.54, 1.807) is 0 Å². The molecule has 0 heterocycles. The van der Waals surface area contributed by atoms with Crippen LogP contribution in [0.25, 0.3) is 0 Å². The first-order valence-electron chi connectivity index (χ1n) is 7.41. The van der Waals surface area contributed by atoms with E-state index in [9.17, 15) is 9.59 Å². The molecular weight excluding hydrogens is 256 g/mol. The summed E-state index contributed by atoms with van der Waals surface area (Å²) in [6.45, 7) is 6.18. The van der Waals surface area contributed by atoms with Crippen molar-refractivity contribution in [3.63, 3.8) is 0 Å². The van der Waals surface area contributed by atoms with Gasteiger partial charge in [-0.3, -0.25) is 9.59 Å². The number of carboxylic acids is 1. The van der Waals surface area contributed by atoms with Crippen molar-refractivity contribution in [3.05, 3.63) is 0 Å². The largest absolute Gasteiger partial charge is 0.481 e. The molecule has 0 aromatic carbocycles. The minimum Gasteiger partial charge on any atom is -0.481 e. The van der Waals surface area contributed by atoms with Gasteiger partial charge >= 0.3 is 5.97 Å². The first kappa shape index (κ1) is 17.0. The minimum atomic E-state index is -0.790. The van der Waals surface area contributed by atoms with Crippen LogP contribution in [-0.4, -0.2) is 29.6 Å². The van der Waals surface area contributed by atoms with Gasteiger partial charge in [0.1, 0.15) is 0 Å². The third-order valence-corrected chi connectivity index (χ3v) is 4.29. The van der Waals surface area contributed by atoms with Crippen molar-refractivity contribution in [2.24, 2.45) is 16.6 Å². The Kier molecular flexibility index (Phi) is 5.57. The molecule has 1 fully saturated rings. The molecule has 1 rings (SSSR count). The van der Waals surface area contributed by atoms with E-state index in [2.05, 4.69) is 5.32 Å². The summed E-state index contributed by atoms with van der Waals surface area (Å²) in [4.78, 5) is 23.1. The maximum absolute atomic E-state index is 12.1. The molecule has 116 valence electrons. The zero-order chi connectivity index (χ0) is 15.4. The van der Waals surface area contributed by atoms with Crippen molar-refractivity contribution in [1.29, 1.82) is 0 Å². The molecule has 1 saturated carbocycles. The molecular formula is C15H28N2O3. The summed E-state index contributed by atoms with van der Waals surface area (Å²) < 4.78 is 0. The Hall–Kier alpha value is -1.10. The Morgan fingerprint density at radius 2 is 1.80 bits per heavy atom. The monoisotopic (exact) mass is 284 g/mol. The van der Waals surface area contributed by atoms with Crippen LogP contribution in [0.15, 0.2) is 0 Å². The Morgan fingerprint density at radius 1 is 1.25 bits per heavy atom. The third kappa shape index (κ3) is 4.78. The van der Waals surface area contributed by atoms with E-state index in [0.717, 1.165) is 32.1 Å². The highest BCUT2D eigenvalue weighted by molar-refractivity contribution is 5.82. The fraction of sp³-hybridized carbons (Fsp3) is 0.867. The predicted molar refractivity (Wildman–Crippen MR) is 78.2 cm³/mol. The van der Waals surface area contributed by atoms with Gasteiger partial charge < -0.3 is 16.2 Å². The summed E-state index contributed by atoms with van der Waals surface area (Å²) in [5, 5.41) is 12.0. The number of amides is 1. The SMILES string of the molecule is CC(C)(C)[C@H](N)C(=O)NCC1(CC(=O)O)CCCCC1. The molecule has 0 aliphatic heterocycles. The minimum absolute atomic E-state index is 0.123. The number of nitrogens with two attached hydrogens (primary N) is 1. The Balaban J connectivity index is 2.63. The summed E-state index contributed by atoms with van der Waals surface area (Å²) in [6.07, 6.45) is 5.08. The highest BCUT2D eigenvalue weighted by Gasteiger charge is 2.36. The zero-order valence-corrected chi connectivity index (χ0v) is 12.9. The molecule has 1 amide bonds. The summed E-state index contributed by atoms with van der Waals surface area (Å²) >= 11 is 0. The lowest BCUT2D eigenvalue weighted by atomic mass is 9.71. The lowest BCUT2D eigenvalue weighted by Crippen LogP contribution is -2.51. The molecule has 20 heavy (non-hydrogen) atoms. The molecule has 1 aliphatic carbocycles. The number of hydrogen-bond donors (Lipinski definition) is 3. The van der Waals surface area contributed by atoms with Crippen LogP contribution >= 0.6 is 0 Å². The van der Waals surface area contributed by atoms with Gasteiger partial charge in [-0.1, -0.05) is 40.0 Å². The molecule has 0 spiro atoms. The maximum atomic E-state index is 12.1. The Bertz CT molecular complexity index is 355. The van der Waals surface area contributed by atoms with E-state index in [4.69, 9.17) is 10.8 Å². The summed E-state index contributed by atoms with van der Waals surface area (Å²) in [6, 6.07) is -0.576. The molecule has 4 N–H and O–H groups in total. The predicted octanol–water partition coefficient (Wildman–Crippen LogP) is 1.90. The molecule has 0 aromatic rings. The molecule has 1 atom stereocenters. The van der Waals surface area contributed by atoms with E-state index in [-0.39, 0.29) is 23.2 Å². The van der Waals surface area contributed by atoms with Gasteiger partial charge in [0.25, 0.3) is 0 Å². The number of carbonyl (C=O) groups is 2. The van der Waals surface area contributed by atoms with E-state index < -0.39 is 12.0 Å². The van der Waals surface area contributed by atoms with Crippen molar-refractivity contribution in [2.45, 2.75) is 65.3 Å². The number of aliphatic carboxylic acids is 1. The quantitative estimate of drug-likeness (QED) is 0.719. The van der Waals surface area contributed by atoms with Gasteiger partial charge in [-0.25, -0.2) is 0 Å². The smallest absolute Gasteiger partial charge is 0.303 e. The van der Waals surface area contributed by atoms with Crippen molar-refractivity contribution in [2.75, 3.05) is 6.54 Å². The van der Waals surface area contributed by atoms with Crippen molar-refractivity contribution >= 4 is 11.9 Å². The molecule has 5 heteroatoms. The van der Waals surface area contributed by atoms with Crippen molar-refractivity contribution in [1.82, 2.24) is 5.32 Å². The van der Waals surface area contributed by atoms with Crippen LogP contribution in [0.2, 0.25) is 0 Å². The second kappa shape index (κ2) is 6.57. The molecule has 0 unspecified atom stereocenters. The van der Waals surface area contributed by atoms with Gasteiger partial charge in [0.2, 0.25) is 5.91 Å². The van der Waals surface area contributed by atoms with Crippen LogP contribution in [0.3, 0.4) is 0 Å².